The Morgan fingerprint density at radius 1 is 1.25 bits per heavy atom. The van der Waals surface area contributed by atoms with Gasteiger partial charge in [0.15, 0.2) is 0 Å². The van der Waals surface area contributed by atoms with Crippen molar-refractivity contribution >= 4 is 21.5 Å². The molecule has 0 bridgehead atoms. The Labute approximate surface area is 79.2 Å². The normalized spacial score (nSPS) is 11.6. The van der Waals surface area contributed by atoms with Crippen molar-refractivity contribution in [3.8, 4) is 0 Å². The first-order valence-corrected chi connectivity index (χ1v) is 6.56. The first kappa shape index (κ1) is 9.75. The number of hydrogen-bond acceptors (Lipinski definition) is 1. The molecule has 0 spiro atoms. The highest BCUT2D eigenvalue weighted by Crippen LogP contribution is 2.13. The van der Waals surface area contributed by atoms with Crippen molar-refractivity contribution in [2.24, 2.45) is 0 Å². The van der Waals surface area contributed by atoms with Gasteiger partial charge in [0.25, 0.3) is 0 Å². The number of rotatable bonds is 2. The summed E-state index contributed by atoms with van der Waals surface area (Å²) in [6.45, 7) is 0. The van der Waals surface area contributed by atoms with Crippen LogP contribution >= 0.6 is 11.6 Å². The second-order valence-corrected chi connectivity index (χ2v) is 6.81. The molecule has 0 aliphatic heterocycles. The molecule has 66 valence electrons. The lowest BCUT2D eigenvalue weighted by atomic mass is 10.2. The molecule has 1 aromatic carbocycles. The van der Waals surface area contributed by atoms with Crippen LogP contribution < -0.4 is 0 Å². The van der Waals surface area contributed by atoms with Crippen LogP contribution in [0.3, 0.4) is 0 Å². The quantitative estimate of drug-likeness (QED) is 0.676. The summed E-state index contributed by atoms with van der Waals surface area (Å²) in [5, 5.41) is 0.720. The van der Waals surface area contributed by atoms with E-state index in [4.69, 9.17) is 11.6 Å². The lowest BCUT2D eigenvalue weighted by molar-refractivity contribution is 0.590. The van der Waals surface area contributed by atoms with Crippen LogP contribution in [0.5, 0.6) is 0 Å². The number of benzene rings is 1. The van der Waals surface area contributed by atoms with E-state index in [1.165, 1.54) is 0 Å². The third kappa shape index (κ3) is 3.37. The van der Waals surface area contributed by atoms with E-state index in [-0.39, 0.29) is 0 Å². The zero-order valence-electron chi connectivity index (χ0n) is 7.21. The molecular formula is C9H12ClOS+. The Balaban J connectivity index is 2.78. The summed E-state index contributed by atoms with van der Waals surface area (Å²) in [6.07, 6.45) is 3.53. The van der Waals surface area contributed by atoms with E-state index >= 15 is 0 Å². The van der Waals surface area contributed by atoms with Crippen LogP contribution in [0.25, 0.3) is 0 Å². The minimum atomic E-state index is -1.68. The van der Waals surface area contributed by atoms with Crippen LogP contribution in [0, 0.1) is 0 Å². The van der Waals surface area contributed by atoms with Gasteiger partial charge in [0.2, 0.25) is 0 Å². The molecule has 0 saturated heterocycles. The summed E-state index contributed by atoms with van der Waals surface area (Å²) in [6, 6.07) is 7.47. The zero-order valence-corrected chi connectivity index (χ0v) is 8.78. The molecular weight excluding hydrogens is 192 g/mol. The van der Waals surface area contributed by atoms with E-state index in [9.17, 15) is 4.21 Å². The molecule has 1 nitrogen and oxygen atoms in total. The molecule has 0 amide bonds. The molecule has 0 aliphatic carbocycles. The fourth-order valence-electron chi connectivity index (χ4n) is 0.982. The molecule has 0 N–H and O–H groups in total. The van der Waals surface area contributed by atoms with Crippen molar-refractivity contribution < 1.29 is 4.21 Å². The molecule has 1 rings (SSSR count). The Kier molecular flexibility index (Phi) is 2.91. The first-order chi connectivity index (χ1) is 5.47. The first-order valence-electron chi connectivity index (χ1n) is 3.64. The molecule has 1 aromatic rings. The van der Waals surface area contributed by atoms with Crippen molar-refractivity contribution in [3.63, 3.8) is 0 Å². The monoisotopic (exact) mass is 203 g/mol. The Morgan fingerprint density at radius 2 is 1.75 bits per heavy atom. The molecule has 0 fully saturated rings. The lowest BCUT2D eigenvalue weighted by Crippen LogP contribution is -2.07. The van der Waals surface area contributed by atoms with Gasteiger partial charge < -0.3 is 0 Å². The number of hydrogen-bond donors (Lipinski definition) is 0. The van der Waals surface area contributed by atoms with Crippen molar-refractivity contribution in [2.45, 2.75) is 5.75 Å². The topological polar surface area (TPSA) is 17.1 Å². The lowest BCUT2D eigenvalue weighted by Gasteiger charge is -2.00. The second kappa shape index (κ2) is 3.58. The van der Waals surface area contributed by atoms with E-state index in [0.717, 1.165) is 10.6 Å². The van der Waals surface area contributed by atoms with Gasteiger partial charge in [0.05, 0.1) is 9.93 Å². The standard InChI is InChI=1S/C9H12ClOS/c1-12(2,11)7-8-3-5-9(10)6-4-8/h3-6H,7H2,1-2H3/q+1. The van der Waals surface area contributed by atoms with Crippen molar-refractivity contribution in [3.05, 3.63) is 34.9 Å². The van der Waals surface area contributed by atoms with Crippen molar-refractivity contribution in [1.29, 1.82) is 0 Å². The van der Waals surface area contributed by atoms with E-state index in [1.807, 2.05) is 24.3 Å². The van der Waals surface area contributed by atoms with Crippen LogP contribution in [-0.4, -0.2) is 12.5 Å². The maximum Gasteiger partial charge on any atom is 0.136 e. The summed E-state index contributed by atoms with van der Waals surface area (Å²) in [7, 11) is -1.68. The average Bonchev–Trinajstić information content (AvgIpc) is 1.91. The Bertz CT molecular complexity index is 299. The van der Waals surface area contributed by atoms with Gasteiger partial charge in [-0.1, -0.05) is 23.7 Å². The molecule has 3 heteroatoms. The molecule has 0 saturated carbocycles. The summed E-state index contributed by atoms with van der Waals surface area (Å²) in [5.41, 5.74) is 1.08. The molecule has 12 heavy (non-hydrogen) atoms. The van der Waals surface area contributed by atoms with Gasteiger partial charge >= 0.3 is 0 Å². The molecule has 0 unspecified atom stereocenters. The van der Waals surface area contributed by atoms with Gasteiger partial charge in [-0.05, 0) is 12.1 Å². The summed E-state index contributed by atoms with van der Waals surface area (Å²) in [4.78, 5) is 0. The van der Waals surface area contributed by atoms with Gasteiger partial charge in [-0.2, -0.15) is 0 Å². The van der Waals surface area contributed by atoms with Crippen LogP contribution in [0.4, 0.5) is 0 Å². The molecule has 0 aromatic heterocycles. The van der Waals surface area contributed by atoms with Crippen LogP contribution in [0.1, 0.15) is 5.56 Å². The highest BCUT2D eigenvalue weighted by atomic mass is 35.5. The smallest absolute Gasteiger partial charge is 0.106 e. The van der Waals surface area contributed by atoms with E-state index in [0.29, 0.717) is 5.75 Å². The fourth-order valence-corrected chi connectivity index (χ4v) is 2.10. The van der Waals surface area contributed by atoms with E-state index in [1.54, 1.807) is 12.5 Å². The fraction of sp³-hybridized carbons (Fsp3) is 0.333. The Morgan fingerprint density at radius 3 is 2.17 bits per heavy atom. The molecule has 0 aliphatic rings. The zero-order chi connectivity index (χ0) is 9.19. The van der Waals surface area contributed by atoms with Crippen molar-refractivity contribution in [2.75, 3.05) is 12.5 Å². The Hall–Kier alpha value is -0.340. The van der Waals surface area contributed by atoms with Gasteiger partial charge in [0.1, 0.15) is 18.3 Å². The molecule has 0 atom stereocenters. The highest BCUT2D eigenvalue weighted by Gasteiger charge is 2.12. The predicted molar refractivity (Wildman–Crippen MR) is 55.1 cm³/mol. The van der Waals surface area contributed by atoms with E-state index in [2.05, 4.69) is 0 Å². The van der Waals surface area contributed by atoms with E-state index < -0.39 is 9.93 Å². The minimum absolute atomic E-state index is 0.629. The van der Waals surface area contributed by atoms with Gasteiger partial charge in [0, 0.05) is 10.6 Å². The average molecular weight is 204 g/mol. The maximum atomic E-state index is 11.4. The summed E-state index contributed by atoms with van der Waals surface area (Å²) >= 11 is 5.71. The molecule has 0 radical (unpaired) electrons. The highest BCUT2D eigenvalue weighted by molar-refractivity contribution is 8.00. The third-order valence-electron chi connectivity index (χ3n) is 1.43. The van der Waals surface area contributed by atoms with Gasteiger partial charge in [-0.3, -0.25) is 0 Å². The predicted octanol–water partition coefficient (Wildman–Crippen LogP) is 2.60. The molecule has 0 heterocycles. The summed E-state index contributed by atoms with van der Waals surface area (Å²) in [5.74, 6) is 0.629. The second-order valence-electron chi connectivity index (χ2n) is 3.21. The van der Waals surface area contributed by atoms with Gasteiger partial charge in [-0.15, -0.1) is 4.21 Å². The SMILES string of the molecule is C[S+](C)(=O)Cc1ccc(Cl)cc1. The van der Waals surface area contributed by atoms with Gasteiger partial charge in [-0.25, -0.2) is 0 Å². The van der Waals surface area contributed by atoms with Crippen LogP contribution in [0.15, 0.2) is 24.3 Å². The van der Waals surface area contributed by atoms with Crippen LogP contribution in [-0.2, 0) is 19.9 Å². The van der Waals surface area contributed by atoms with Crippen LogP contribution in [0.2, 0.25) is 5.02 Å². The van der Waals surface area contributed by atoms with Crippen molar-refractivity contribution in [1.82, 2.24) is 0 Å². The maximum absolute atomic E-state index is 11.4. The third-order valence-corrected chi connectivity index (χ3v) is 2.71. The minimum Gasteiger partial charge on any atom is -0.106 e. The summed E-state index contributed by atoms with van der Waals surface area (Å²) < 4.78 is 11.4. The number of halogens is 1. The largest absolute Gasteiger partial charge is 0.136 e.